The molecule has 0 unspecified atom stereocenters. The lowest BCUT2D eigenvalue weighted by atomic mass is 10.2. The molecule has 2 rings (SSSR count). The molecule has 6 heteroatoms. The molecule has 2 aromatic rings. The summed E-state index contributed by atoms with van der Waals surface area (Å²) >= 11 is 5.89. The van der Waals surface area contributed by atoms with Gasteiger partial charge in [-0.1, -0.05) is 11.6 Å². The van der Waals surface area contributed by atoms with Crippen molar-refractivity contribution in [2.24, 2.45) is 0 Å². The average molecular weight is 270 g/mol. The van der Waals surface area contributed by atoms with Crippen LogP contribution in [0.5, 0.6) is 0 Å². The lowest BCUT2D eigenvalue weighted by Gasteiger charge is -2.08. The Balaban J connectivity index is 2.13. The van der Waals surface area contributed by atoms with Gasteiger partial charge in [-0.2, -0.15) is 0 Å². The molecular formula is C12H10ClF2N3. The molecule has 1 aromatic carbocycles. The number of nitrogens with one attached hydrogen (secondary N) is 1. The van der Waals surface area contributed by atoms with Gasteiger partial charge in [0.25, 0.3) is 0 Å². The topological polar surface area (TPSA) is 50.9 Å². The van der Waals surface area contributed by atoms with E-state index in [2.05, 4.69) is 10.3 Å². The summed E-state index contributed by atoms with van der Waals surface area (Å²) in [5, 5.41) is 3.14. The maximum Gasteiger partial charge on any atom is 0.145 e. The molecule has 0 fully saturated rings. The highest BCUT2D eigenvalue weighted by atomic mass is 35.5. The van der Waals surface area contributed by atoms with Gasteiger partial charge in [0.05, 0.1) is 16.9 Å². The van der Waals surface area contributed by atoms with Crippen LogP contribution < -0.4 is 11.1 Å². The third-order valence-corrected chi connectivity index (χ3v) is 2.60. The highest BCUT2D eigenvalue weighted by molar-refractivity contribution is 6.33. The van der Waals surface area contributed by atoms with Gasteiger partial charge >= 0.3 is 0 Å². The van der Waals surface area contributed by atoms with E-state index in [1.807, 2.05) is 0 Å². The first-order valence-electron chi connectivity index (χ1n) is 5.15. The van der Waals surface area contributed by atoms with Gasteiger partial charge in [0.2, 0.25) is 0 Å². The fourth-order valence-corrected chi connectivity index (χ4v) is 1.68. The zero-order chi connectivity index (χ0) is 13.1. The van der Waals surface area contributed by atoms with Crippen LogP contribution in [-0.2, 0) is 6.54 Å². The smallest absolute Gasteiger partial charge is 0.145 e. The average Bonchev–Trinajstić information content (AvgIpc) is 2.32. The lowest BCUT2D eigenvalue weighted by molar-refractivity contribution is 0.587. The third kappa shape index (κ3) is 2.87. The quantitative estimate of drug-likeness (QED) is 0.900. The van der Waals surface area contributed by atoms with Crippen LogP contribution in [0.1, 0.15) is 5.56 Å². The van der Waals surface area contributed by atoms with Crippen LogP contribution in [-0.4, -0.2) is 4.98 Å². The molecule has 0 spiro atoms. The minimum absolute atomic E-state index is 0.0836. The van der Waals surface area contributed by atoms with Crippen LogP contribution >= 0.6 is 11.6 Å². The molecule has 3 nitrogen and oxygen atoms in total. The first-order chi connectivity index (χ1) is 8.56. The minimum atomic E-state index is -0.496. The van der Waals surface area contributed by atoms with Crippen molar-refractivity contribution in [1.29, 1.82) is 0 Å². The summed E-state index contributed by atoms with van der Waals surface area (Å²) in [5.41, 5.74) is 6.13. The van der Waals surface area contributed by atoms with Gasteiger partial charge in [0.15, 0.2) is 0 Å². The molecule has 0 saturated carbocycles. The Morgan fingerprint density at radius 2 is 2.06 bits per heavy atom. The predicted molar refractivity (Wildman–Crippen MR) is 67.3 cm³/mol. The van der Waals surface area contributed by atoms with E-state index in [0.29, 0.717) is 16.5 Å². The molecule has 1 heterocycles. The Morgan fingerprint density at radius 3 is 2.78 bits per heavy atom. The van der Waals surface area contributed by atoms with Gasteiger partial charge in [-0.15, -0.1) is 0 Å². The maximum atomic E-state index is 13.4. The summed E-state index contributed by atoms with van der Waals surface area (Å²) in [7, 11) is 0. The normalized spacial score (nSPS) is 10.4. The number of aromatic nitrogens is 1. The summed E-state index contributed by atoms with van der Waals surface area (Å²) in [4.78, 5) is 3.96. The number of nitrogen functional groups attached to an aromatic ring is 1. The van der Waals surface area contributed by atoms with Crippen molar-refractivity contribution < 1.29 is 8.78 Å². The number of halogens is 3. The fourth-order valence-electron chi connectivity index (χ4n) is 1.44. The lowest BCUT2D eigenvalue weighted by Crippen LogP contribution is -2.04. The van der Waals surface area contributed by atoms with E-state index in [0.717, 1.165) is 18.2 Å². The Bertz CT molecular complexity index is 575. The van der Waals surface area contributed by atoms with Crippen LogP contribution in [0.3, 0.4) is 0 Å². The second-order valence-corrected chi connectivity index (χ2v) is 4.10. The molecule has 1 aromatic heterocycles. The summed E-state index contributed by atoms with van der Waals surface area (Å²) < 4.78 is 26.3. The second kappa shape index (κ2) is 5.18. The predicted octanol–water partition coefficient (Wildman–Crippen LogP) is 3.21. The number of rotatable bonds is 3. The Labute approximate surface area is 108 Å². The molecule has 0 aliphatic heterocycles. The van der Waals surface area contributed by atoms with Gasteiger partial charge in [0, 0.05) is 12.1 Å². The molecule has 0 bridgehead atoms. The van der Waals surface area contributed by atoms with E-state index in [1.165, 1.54) is 12.3 Å². The number of hydrogen-bond donors (Lipinski definition) is 2. The van der Waals surface area contributed by atoms with Crippen molar-refractivity contribution >= 4 is 23.1 Å². The Kier molecular flexibility index (Phi) is 3.62. The number of hydrogen-bond acceptors (Lipinski definition) is 3. The van der Waals surface area contributed by atoms with Crippen molar-refractivity contribution in [1.82, 2.24) is 4.98 Å². The maximum absolute atomic E-state index is 13.4. The number of anilines is 2. The highest BCUT2D eigenvalue weighted by Crippen LogP contribution is 2.22. The van der Waals surface area contributed by atoms with Crippen LogP contribution in [0.4, 0.5) is 20.3 Å². The van der Waals surface area contributed by atoms with Crippen LogP contribution in [0.2, 0.25) is 5.02 Å². The fraction of sp³-hybridized carbons (Fsp3) is 0.0833. The Hall–Kier alpha value is -1.88. The molecule has 94 valence electrons. The zero-order valence-electron chi connectivity index (χ0n) is 9.25. The summed E-state index contributed by atoms with van der Waals surface area (Å²) in [5.74, 6) is -0.616. The molecule has 0 aliphatic carbocycles. The van der Waals surface area contributed by atoms with Gasteiger partial charge in [-0.25, -0.2) is 13.8 Å². The molecule has 0 saturated heterocycles. The Morgan fingerprint density at radius 1 is 1.28 bits per heavy atom. The first kappa shape index (κ1) is 12.6. The second-order valence-electron chi connectivity index (χ2n) is 3.69. The van der Waals surface area contributed by atoms with Crippen molar-refractivity contribution in [3.63, 3.8) is 0 Å². The number of nitrogens with zero attached hydrogens (tertiary/aromatic N) is 1. The van der Waals surface area contributed by atoms with E-state index in [-0.39, 0.29) is 12.1 Å². The van der Waals surface area contributed by atoms with Gasteiger partial charge in [0.1, 0.15) is 17.5 Å². The van der Waals surface area contributed by atoms with Crippen LogP contribution in [0.15, 0.2) is 30.5 Å². The van der Waals surface area contributed by atoms with E-state index in [4.69, 9.17) is 17.3 Å². The minimum Gasteiger partial charge on any atom is -0.397 e. The SMILES string of the molecule is Nc1cnc(NCc2cc(F)ccc2F)c(Cl)c1. The molecule has 18 heavy (non-hydrogen) atoms. The van der Waals surface area contributed by atoms with Crippen LogP contribution in [0, 0.1) is 11.6 Å². The van der Waals surface area contributed by atoms with Crippen molar-refractivity contribution in [2.45, 2.75) is 6.54 Å². The van der Waals surface area contributed by atoms with Gasteiger partial charge in [-0.05, 0) is 24.3 Å². The summed E-state index contributed by atoms with van der Waals surface area (Å²) in [6.07, 6.45) is 1.43. The number of benzene rings is 1. The van der Waals surface area contributed by atoms with Crippen molar-refractivity contribution in [3.05, 3.63) is 52.7 Å². The number of pyridine rings is 1. The highest BCUT2D eigenvalue weighted by Gasteiger charge is 2.06. The van der Waals surface area contributed by atoms with E-state index in [1.54, 1.807) is 0 Å². The van der Waals surface area contributed by atoms with Crippen molar-refractivity contribution in [2.75, 3.05) is 11.1 Å². The van der Waals surface area contributed by atoms with Gasteiger partial charge < -0.3 is 11.1 Å². The van der Waals surface area contributed by atoms with Gasteiger partial charge in [-0.3, -0.25) is 0 Å². The van der Waals surface area contributed by atoms with Crippen LogP contribution in [0.25, 0.3) is 0 Å². The molecule has 0 amide bonds. The largest absolute Gasteiger partial charge is 0.397 e. The van der Waals surface area contributed by atoms with E-state index >= 15 is 0 Å². The molecule has 0 atom stereocenters. The monoisotopic (exact) mass is 269 g/mol. The zero-order valence-corrected chi connectivity index (χ0v) is 10.0. The summed E-state index contributed by atoms with van der Waals surface area (Å²) in [6, 6.07) is 4.78. The standard InChI is InChI=1S/C12H10ClF2N3/c13-10-4-9(16)6-18-12(10)17-5-7-3-8(14)1-2-11(7)15/h1-4,6H,5,16H2,(H,17,18). The molecule has 0 aliphatic rings. The summed E-state index contributed by atoms with van der Waals surface area (Å²) in [6.45, 7) is 0.0836. The van der Waals surface area contributed by atoms with E-state index < -0.39 is 11.6 Å². The molecular weight excluding hydrogens is 260 g/mol. The van der Waals surface area contributed by atoms with Crippen molar-refractivity contribution in [3.8, 4) is 0 Å². The molecule has 3 N–H and O–H groups in total. The van der Waals surface area contributed by atoms with E-state index in [9.17, 15) is 8.78 Å². The number of nitrogens with two attached hydrogens (primary N) is 1. The first-order valence-corrected chi connectivity index (χ1v) is 5.53. The third-order valence-electron chi connectivity index (χ3n) is 2.32. The molecule has 0 radical (unpaired) electrons.